The molecule has 1 aromatic carbocycles. The van der Waals surface area contributed by atoms with Gasteiger partial charge in [-0.3, -0.25) is 0 Å². The van der Waals surface area contributed by atoms with Gasteiger partial charge in [0.25, 0.3) is 0 Å². The average molecular weight is 237 g/mol. The monoisotopic (exact) mass is 237 g/mol. The van der Waals surface area contributed by atoms with Crippen LogP contribution in [0.1, 0.15) is 32.4 Å². The Bertz CT molecular complexity index is 412. The summed E-state index contributed by atoms with van der Waals surface area (Å²) in [5, 5.41) is 10.2. The fraction of sp³-hybridized carbons (Fsp3) is 0.538. The van der Waals surface area contributed by atoms with E-state index in [4.69, 9.17) is 15.2 Å². The highest BCUT2D eigenvalue weighted by molar-refractivity contribution is 5.49. The van der Waals surface area contributed by atoms with Crippen molar-refractivity contribution in [3.05, 3.63) is 23.8 Å². The molecule has 1 aliphatic rings. The average Bonchev–Trinajstić information content (AvgIpc) is 2.73. The second kappa shape index (κ2) is 4.20. The van der Waals surface area contributed by atoms with E-state index in [9.17, 15) is 5.11 Å². The Morgan fingerprint density at radius 3 is 2.65 bits per heavy atom. The lowest BCUT2D eigenvalue weighted by Gasteiger charge is -2.31. The van der Waals surface area contributed by atoms with E-state index in [1.807, 2.05) is 39.0 Å². The maximum Gasteiger partial charge on any atom is 0.231 e. The normalized spacial score (nSPS) is 17.9. The number of rotatable bonds is 2. The van der Waals surface area contributed by atoms with Gasteiger partial charge in [-0.15, -0.1) is 0 Å². The highest BCUT2D eigenvalue weighted by atomic mass is 16.7. The number of benzene rings is 1. The van der Waals surface area contributed by atoms with Crippen LogP contribution in [0, 0.1) is 5.41 Å². The SMILES string of the molecule is CC(C)(C)[C@@H](O)[C@@H](N)c1cccc2c1OCO2. The van der Waals surface area contributed by atoms with Gasteiger partial charge in [0.05, 0.1) is 12.1 Å². The lowest BCUT2D eigenvalue weighted by molar-refractivity contribution is 0.0393. The molecule has 17 heavy (non-hydrogen) atoms. The molecule has 0 saturated heterocycles. The number of ether oxygens (including phenoxy) is 2. The van der Waals surface area contributed by atoms with Crippen molar-refractivity contribution in [3.8, 4) is 11.5 Å². The van der Waals surface area contributed by atoms with Gasteiger partial charge < -0.3 is 20.3 Å². The molecule has 4 heteroatoms. The fourth-order valence-electron chi connectivity index (χ4n) is 1.92. The van der Waals surface area contributed by atoms with Crippen LogP contribution in [-0.4, -0.2) is 18.0 Å². The number of aliphatic hydroxyl groups excluding tert-OH is 1. The highest BCUT2D eigenvalue weighted by Gasteiger charge is 2.32. The van der Waals surface area contributed by atoms with Gasteiger partial charge >= 0.3 is 0 Å². The summed E-state index contributed by atoms with van der Waals surface area (Å²) in [5.74, 6) is 1.35. The van der Waals surface area contributed by atoms with Crippen molar-refractivity contribution in [3.63, 3.8) is 0 Å². The molecule has 0 spiro atoms. The third kappa shape index (κ3) is 2.23. The van der Waals surface area contributed by atoms with Crippen LogP contribution < -0.4 is 15.2 Å². The van der Waals surface area contributed by atoms with Crippen LogP contribution in [0.3, 0.4) is 0 Å². The molecule has 2 atom stereocenters. The van der Waals surface area contributed by atoms with Gasteiger partial charge in [0.1, 0.15) is 0 Å². The molecular weight excluding hydrogens is 218 g/mol. The quantitative estimate of drug-likeness (QED) is 0.823. The second-order valence-corrected chi connectivity index (χ2v) is 5.42. The summed E-state index contributed by atoms with van der Waals surface area (Å²) >= 11 is 0. The van der Waals surface area contributed by atoms with Crippen molar-refractivity contribution >= 4 is 0 Å². The van der Waals surface area contributed by atoms with Crippen molar-refractivity contribution in [2.45, 2.75) is 32.9 Å². The van der Waals surface area contributed by atoms with E-state index < -0.39 is 12.1 Å². The van der Waals surface area contributed by atoms with Crippen LogP contribution in [0.15, 0.2) is 18.2 Å². The predicted octanol–water partition coefficient (Wildman–Crippen LogP) is 1.82. The lowest BCUT2D eigenvalue weighted by atomic mass is 9.82. The van der Waals surface area contributed by atoms with E-state index in [0.717, 1.165) is 5.56 Å². The Balaban J connectivity index is 2.32. The minimum atomic E-state index is -0.641. The van der Waals surface area contributed by atoms with Gasteiger partial charge in [-0.25, -0.2) is 0 Å². The molecule has 0 fully saturated rings. The number of aliphatic hydroxyl groups is 1. The van der Waals surface area contributed by atoms with Crippen LogP contribution in [0.4, 0.5) is 0 Å². The first-order valence-corrected chi connectivity index (χ1v) is 5.73. The summed E-state index contributed by atoms with van der Waals surface area (Å²) in [6, 6.07) is 5.08. The molecule has 0 aromatic heterocycles. The Hall–Kier alpha value is -1.26. The smallest absolute Gasteiger partial charge is 0.231 e. The van der Waals surface area contributed by atoms with E-state index in [1.54, 1.807) is 0 Å². The molecule has 0 radical (unpaired) electrons. The molecule has 2 rings (SSSR count). The van der Waals surface area contributed by atoms with E-state index in [2.05, 4.69) is 0 Å². The van der Waals surface area contributed by atoms with Crippen molar-refractivity contribution in [1.82, 2.24) is 0 Å². The first kappa shape index (κ1) is 12.2. The zero-order valence-electron chi connectivity index (χ0n) is 10.4. The zero-order chi connectivity index (χ0) is 12.6. The van der Waals surface area contributed by atoms with Crippen molar-refractivity contribution < 1.29 is 14.6 Å². The Morgan fingerprint density at radius 2 is 2.00 bits per heavy atom. The van der Waals surface area contributed by atoms with Crippen LogP contribution in [0.5, 0.6) is 11.5 Å². The molecule has 1 heterocycles. The third-order valence-electron chi connectivity index (χ3n) is 3.01. The van der Waals surface area contributed by atoms with Gasteiger partial charge in [-0.1, -0.05) is 32.9 Å². The molecule has 3 N–H and O–H groups in total. The minimum Gasteiger partial charge on any atom is -0.454 e. The number of nitrogens with two attached hydrogens (primary N) is 1. The van der Waals surface area contributed by atoms with Crippen LogP contribution in [0.25, 0.3) is 0 Å². The number of fused-ring (bicyclic) bond motifs is 1. The fourth-order valence-corrected chi connectivity index (χ4v) is 1.92. The topological polar surface area (TPSA) is 64.7 Å². The Morgan fingerprint density at radius 1 is 1.29 bits per heavy atom. The largest absolute Gasteiger partial charge is 0.454 e. The predicted molar refractivity (Wildman–Crippen MR) is 65.0 cm³/mol. The van der Waals surface area contributed by atoms with Crippen molar-refractivity contribution in [1.29, 1.82) is 0 Å². The summed E-state index contributed by atoms with van der Waals surface area (Å²) < 4.78 is 10.7. The summed E-state index contributed by atoms with van der Waals surface area (Å²) in [6.07, 6.45) is -0.641. The highest BCUT2D eigenvalue weighted by Crippen LogP contribution is 2.40. The van der Waals surface area contributed by atoms with Crippen LogP contribution in [0.2, 0.25) is 0 Å². The molecule has 1 aromatic rings. The standard InChI is InChI=1S/C13H19NO3/c1-13(2,3)12(15)10(14)8-5-4-6-9-11(8)17-7-16-9/h4-6,10,12,15H,7,14H2,1-3H3/t10-,12-/m0/s1. The first-order chi connectivity index (χ1) is 7.91. The summed E-state index contributed by atoms with van der Waals surface area (Å²) in [7, 11) is 0. The minimum absolute atomic E-state index is 0.213. The molecule has 0 bridgehead atoms. The summed E-state index contributed by atoms with van der Waals surface area (Å²) in [6.45, 7) is 6.08. The van der Waals surface area contributed by atoms with Crippen molar-refractivity contribution in [2.75, 3.05) is 6.79 Å². The van der Waals surface area contributed by atoms with E-state index in [1.165, 1.54) is 0 Å². The van der Waals surface area contributed by atoms with Gasteiger partial charge in [0.2, 0.25) is 6.79 Å². The molecule has 94 valence electrons. The molecule has 0 saturated carbocycles. The number of para-hydroxylation sites is 1. The van der Waals surface area contributed by atoms with E-state index in [0.29, 0.717) is 11.5 Å². The maximum absolute atomic E-state index is 10.2. The van der Waals surface area contributed by atoms with Crippen molar-refractivity contribution in [2.24, 2.45) is 11.1 Å². The third-order valence-corrected chi connectivity index (χ3v) is 3.01. The maximum atomic E-state index is 10.2. The molecule has 0 amide bonds. The second-order valence-electron chi connectivity index (χ2n) is 5.42. The molecule has 0 aliphatic carbocycles. The molecule has 4 nitrogen and oxygen atoms in total. The van der Waals surface area contributed by atoms with Gasteiger partial charge in [-0.2, -0.15) is 0 Å². The van der Waals surface area contributed by atoms with Gasteiger partial charge in [-0.05, 0) is 11.5 Å². The summed E-state index contributed by atoms with van der Waals surface area (Å²) in [4.78, 5) is 0. The van der Waals surface area contributed by atoms with E-state index in [-0.39, 0.29) is 12.2 Å². The van der Waals surface area contributed by atoms with Crippen LogP contribution in [-0.2, 0) is 0 Å². The first-order valence-electron chi connectivity index (χ1n) is 5.73. The van der Waals surface area contributed by atoms with Gasteiger partial charge in [0.15, 0.2) is 11.5 Å². The summed E-state index contributed by atoms with van der Waals surface area (Å²) in [5.41, 5.74) is 6.63. The number of hydrogen-bond acceptors (Lipinski definition) is 4. The molecule has 0 unspecified atom stereocenters. The van der Waals surface area contributed by atoms with Crippen LogP contribution >= 0.6 is 0 Å². The lowest BCUT2D eigenvalue weighted by Crippen LogP contribution is -2.37. The number of hydrogen-bond donors (Lipinski definition) is 2. The van der Waals surface area contributed by atoms with Gasteiger partial charge in [0, 0.05) is 5.56 Å². The zero-order valence-corrected chi connectivity index (χ0v) is 10.4. The molecular formula is C13H19NO3. The Kier molecular flexibility index (Phi) is 3.02. The van der Waals surface area contributed by atoms with E-state index >= 15 is 0 Å². The molecule has 1 aliphatic heterocycles. The Labute approximate surface area is 101 Å².